The Balaban J connectivity index is 0.00000392. The fraction of sp³-hybridized carbons (Fsp3) is 0.526. The van der Waals surface area contributed by atoms with E-state index in [2.05, 4.69) is 10.6 Å². The Hall–Kier alpha value is -1.77. The number of likely N-dealkylation sites (tertiary alicyclic amines) is 1. The summed E-state index contributed by atoms with van der Waals surface area (Å²) in [5, 5.41) is 5.29. The fourth-order valence-corrected chi connectivity index (χ4v) is 4.01. The average Bonchev–Trinajstić information content (AvgIpc) is 2.66. The van der Waals surface area contributed by atoms with Gasteiger partial charge in [0.2, 0.25) is 17.7 Å². The molecule has 2 rings (SSSR count). The van der Waals surface area contributed by atoms with Crippen molar-refractivity contribution in [2.45, 2.75) is 36.8 Å². The zero-order chi connectivity index (χ0) is 19.8. The minimum Gasteiger partial charge on any atom is -0.355 e. The second-order valence-corrected chi connectivity index (χ2v) is 8.08. The zero-order valence-corrected chi connectivity index (χ0v) is 17.9. The van der Waals surface area contributed by atoms with E-state index in [0.29, 0.717) is 26.2 Å². The maximum absolute atomic E-state index is 12.8. The number of halogens is 1. The Bertz CT molecular complexity index is 672. The van der Waals surface area contributed by atoms with Crippen molar-refractivity contribution in [1.82, 2.24) is 10.2 Å². The molecule has 0 bridgehead atoms. The lowest BCUT2D eigenvalue weighted by atomic mass is 9.97. The molecule has 0 radical (unpaired) electrons. The van der Waals surface area contributed by atoms with Crippen molar-refractivity contribution in [3.63, 3.8) is 0 Å². The number of hydrogen-bond acceptors (Lipinski definition) is 5. The molecule has 2 atom stereocenters. The van der Waals surface area contributed by atoms with Gasteiger partial charge in [-0.15, -0.1) is 24.2 Å². The standard InChI is InChI=1S/C19H28N4O3S.ClH/c1-13(27-17-7-5-16(6-8-17)22-14(2)24)19(26)23-11-3-4-15(12-23)18(25)21-10-9-20;/h5-8,13,15H,3-4,9-12,20H2,1-2H3,(H,21,25)(H,22,24);1H. The number of nitrogens with one attached hydrogen (secondary N) is 2. The molecule has 1 aromatic rings. The van der Waals surface area contributed by atoms with Crippen LogP contribution >= 0.6 is 24.2 Å². The first-order valence-corrected chi connectivity index (χ1v) is 10.1. The molecule has 0 spiro atoms. The van der Waals surface area contributed by atoms with Crippen LogP contribution in [-0.4, -0.2) is 54.1 Å². The van der Waals surface area contributed by atoms with Gasteiger partial charge in [-0.25, -0.2) is 0 Å². The van der Waals surface area contributed by atoms with Crippen molar-refractivity contribution in [1.29, 1.82) is 0 Å². The summed E-state index contributed by atoms with van der Waals surface area (Å²) in [5.74, 6) is -0.258. The number of nitrogens with two attached hydrogens (primary N) is 1. The van der Waals surface area contributed by atoms with Crippen LogP contribution in [-0.2, 0) is 14.4 Å². The number of anilines is 1. The first-order chi connectivity index (χ1) is 12.9. The Morgan fingerprint density at radius 2 is 1.96 bits per heavy atom. The van der Waals surface area contributed by atoms with Gasteiger partial charge in [0, 0.05) is 43.7 Å². The van der Waals surface area contributed by atoms with Gasteiger partial charge in [0.1, 0.15) is 0 Å². The van der Waals surface area contributed by atoms with E-state index in [1.54, 1.807) is 4.90 Å². The molecule has 7 nitrogen and oxygen atoms in total. The lowest BCUT2D eigenvalue weighted by Crippen LogP contribution is -2.48. The first kappa shape index (κ1) is 24.3. The number of amides is 3. The van der Waals surface area contributed by atoms with Crippen LogP contribution in [0.5, 0.6) is 0 Å². The van der Waals surface area contributed by atoms with Crippen LogP contribution in [0.2, 0.25) is 0 Å². The molecule has 1 heterocycles. The van der Waals surface area contributed by atoms with Crippen molar-refractivity contribution in [2.75, 3.05) is 31.5 Å². The highest BCUT2D eigenvalue weighted by molar-refractivity contribution is 8.00. The molecule has 1 aliphatic heterocycles. The predicted molar refractivity (Wildman–Crippen MR) is 115 cm³/mol. The van der Waals surface area contributed by atoms with E-state index in [1.807, 2.05) is 31.2 Å². The van der Waals surface area contributed by atoms with Gasteiger partial charge in [0.15, 0.2) is 0 Å². The van der Waals surface area contributed by atoms with Crippen molar-refractivity contribution >= 4 is 47.6 Å². The Morgan fingerprint density at radius 3 is 2.57 bits per heavy atom. The van der Waals surface area contributed by atoms with Crippen LogP contribution in [0.1, 0.15) is 26.7 Å². The van der Waals surface area contributed by atoms with Crippen LogP contribution in [0.15, 0.2) is 29.2 Å². The summed E-state index contributed by atoms with van der Waals surface area (Å²) in [4.78, 5) is 38.8. The Labute approximate surface area is 176 Å². The van der Waals surface area contributed by atoms with Crippen molar-refractivity contribution in [3.8, 4) is 0 Å². The summed E-state index contributed by atoms with van der Waals surface area (Å²) in [6.45, 7) is 5.37. The van der Waals surface area contributed by atoms with Gasteiger partial charge >= 0.3 is 0 Å². The molecule has 28 heavy (non-hydrogen) atoms. The number of nitrogens with zero attached hydrogens (tertiary/aromatic N) is 1. The number of benzene rings is 1. The van der Waals surface area contributed by atoms with E-state index in [1.165, 1.54) is 18.7 Å². The van der Waals surface area contributed by atoms with Crippen LogP contribution in [0.4, 0.5) is 5.69 Å². The highest BCUT2D eigenvalue weighted by atomic mass is 35.5. The molecular weight excluding hydrogens is 400 g/mol. The maximum atomic E-state index is 12.8. The third kappa shape index (κ3) is 7.33. The summed E-state index contributed by atoms with van der Waals surface area (Å²) in [6.07, 6.45) is 1.63. The molecule has 4 N–H and O–H groups in total. The molecule has 1 fully saturated rings. The van der Waals surface area contributed by atoms with Gasteiger partial charge in [-0.1, -0.05) is 0 Å². The van der Waals surface area contributed by atoms with Crippen LogP contribution in [0.3, 0.4) is 0 Å². The maximum Gasteiger partial charge on any atom is 0.235 e. The van der Waals surface area contributed by atoms with Crippen LogP contribution in [0.25, 0.3) is 0 Å². The number of rotatable bonds is 7. The largest absolute Gasteiger partial charge is 0.355 e. The quantitative estimate of drug-likeness (QED) is 0.575. The molecule has 156 valence electrons. The summed E-state index contributed by atoms with van der Waals surface area (Å²) in [6, 6.07) is 7.41. The molecule has 0 aromatic heterocycles. The fourth-order valence-electron chi connectivity index (χ4n) is 3.06. The number of hydrogen-bond donors (Lipinski definition) is 3. The van der Waals surface area contributed by atoms with Crippen molar-refractivity contribution < 1.29 is 14.4 Å². The normalized spacial score (nSPS) is 17.2. The Morgan fingerprint density at radius 1 is 1.29 bits per heavy atom. The third-order valence-corrected chi connectivity index (χ3v) is 5.48. The lowest BCUT2D eigenvalue weighted by molar-refractivity contribution is -0.135. The van der Waals surface area contributed by atoms with Crippen molar-refractivity contribution in [3.05, 3.63) is 24.3 Å². The summed E-state index contributed by atoms with van der Waals surface area (Å²) < 4.78 is 0. The van der Waals surface area contributed by atoms with E-state index in [0.717, 1.165) is 23.4 Å². The van der Waals surface area contributed by atoms with Gasteiger partial charge in [-0.05, 0) is 44.0 Å². The zero-order valence-electron chi connectivity index (χ0n) is 16.3. The number of thioether (sulfide) groups is 1. The van der Waals surface area contributed by atoms with Gasteiger partial charge in [-0.3, -0.25) is 14.4 Å². The van der Waals surface area contributed by atoms with Crippen LogP contribution in [0, 0.1) is 5.92 Å². The first-order valence-electron chi connectivity index (χ1n) is 9.21. The van der Waals surface area contributed by atoms with Crippen molar-refractivity contribution in [2.24, 2.45) is 11.7 Å². The third-order valence-electron chi connectivity index (χ3n) is 4.38. The van der Waals surface area contributed by atoms with E-state index < -0.39 is 0 Å². The van der Waals surface area contributed by atoms with E-state index >= 15 is 0 Å². The van der Waals surface area contributed by atoms with E-state index in [9.17, 15) is 14.4 Å². The highest BCUT2D eigenvalue weighted by Crippen LogP contribution is 2.27. The molecule has 1 saturated heterocycles. The minimum absolute atomic E-state index is 0. The van der Waals surface area contributed by atoms with Gasteiger partial charge < -0.3 is 21.3 Å². The monoisotopic (exact) mass is 428 g/mol. The molecular formula is C19H29ClN4O3S. The number of carbonyl (C=O) groups excluding carboxylic acids is 3. The summed E-state index contributed by atoms with van der Waals surface area (Å²) >= 11 is 1.48. The van der Waals surface area contributed by atoms with Gasteiger partial charge in [0.05, 0.1) is 11.2 Å². The summed E-state index contributed by atoms with van der Waals surface area (Å²) in [5.41, 5.74) is 6.16. The predicted octanol–water partition coefficient (Wildman–Crippen LogP) is 1.86. The molecule has 2 unspecified atom stereocenters. The lowest BCUT2D eigenvalue weighted by Gasteiger charge is -2.33. The highest BCUT2D eigenvalue weighted by Gasteiger charge is 2.30. The minimum atomic E-state index is -0.248. The van der Waals surface area contributed by atoms with Gasteiger partial charge in [-0.2, -0.15) is 0 Å². The topological polar surface area (TPSA) is 105 Å². The van der Waals surface area contributed by atoms with E-state index in [4.69, 9.17) is 5.73 Å². The molecule has 3 amide bonds. The molecule has 0 aliphatic carbocycles. The second-order valence-electron chi connectivity index (χ2n) is 6.67. The Kier molecular flexibility index (Phi) is 10.3. The average molecular weight is 429 g/mol. The van der Waals surface area contributed by atoms with E-state index in [-0.39, 0.29) is 41.3 Å². The SMILES string of the molecule is CC(=O)Nc1ccc(SC(C)C(=O)N2CCCC(C(=O)NCCN)C2)cc1.Cl. The number of piperidine rings is 1. The smallest absolute Gasteiger partial charge is 0.235 e. The van der Waals surface area contributed by atoms with Crippen LogP contribution < -0.4 is 16.4 Å². The van der Waals surface area contributed by atoms with Gasteiger partial charge in [0.25, 0.3) is 0 Å². The molecule has 0 saturated carbocycles. The molecule has 9 heteroatoms. The second kappa shape index (κ2) is 11.9. The molecule has 1 aromatic carbocycles. The summed E-state index contributed by atoms with van der Waals surface area (Å²) in [7, 11) is 0. The number of carbonyl (C=O) groups is 3. The molecule has 1 aliphatic rings.